The second kappa shape index (κ2) is 6.05. The summed E-state index contributed by atoms with van der Waals surface area (Å²) in [7, 11) is 0. The monoisotopic (exact) mass is 277 g/mol. The highest BCUT2D eigenvalue weighted by Crippen LogP contribution is 2.11. The Hall–Kier alpha value is -2.88. The van der Waals surface area contributed by atoms with Crippen molar-refractivity contribution >= 4 is 5.91 Å². The predicted molar refractivity (Wildman–Crippen MR) is 81.2 cm³/mol. The molecule has 0 aliphatic carbocycles. The van der Waals surface area contributed by atoms with Crippen molar-refractivity contribution in [2.45, 2.75) is 6.54 Å². The molecule has 0 atom stereocenters. The Morgan fingerprint density at radius 2 is 1.81 bits per heavy atom. The smallest absolute Gasteiger partial charge is 0.251 e. The molecule has 0 fully saturated rings. The molecule has 1 aromatic carbocycles. The van der Waals surface area contributed by atoms with Gasteiger partial charge < -0.3 is 9.88 Å². The van der Waals surface area contributed by atoms with Gasteiger partial charge in [0.1, 0.15) is 0 Å². The van der Waals surface area contributed by atoms with Gasteiger partial charge in [-0.3, -0.25) is 9.78 Å². The number of nitrogens with one attached hydrogen (secondary N) is 1. The van der Waals surface area contributed by atoms with Crippen LogP contribution in [0, 0.1) is 0 Å². The van der Waals surface area contributed by atoms with Gasteiger partial charge in [-0.15, -0.1) is 0 Å². The van der Waals surface area contributed by atoms with Crippen LogP contribution in [0.1, 0.15) is 15.9 Å². The average Bonchev–Trinajstić information content (AvgIpc) is 3.08. The Labute approximate surface area is 123 Å². The second-order valence-electron chi connectivity index (χ2n) is 4.68. The number of benzene rings is 1. The topological polar surface area (TPSA) is 46.9 Å². The van der Waals surface area contributed by atoms with Gasteiger partial charge in [-0.05, 0) is 48.0 Å². The zero-order valence-corrected chi connectivity index (χ0v) is 11.4. The molecular weight excluding hydrogens is 262 g/mol. The van der Waals surface area contributed by atoms with Crippen LogP contribution in [0.3, 0.4) is 0 Å². The van der Waals surface area contributed by atoms with Crippen LogP contribution < -0.4 is 5.32 Å². The maximum atomic E-state index is 12.2. The fourth-order valence-electron chi connectivity index (χ4n) is 2.10. The van der Waals surface area contributed by atoms with Crippen molar-refractivity contribution in [2.24, 2.45) is 0 Å². The van der Waals surface area contributed by atoms with Crippen molar-refractivity contribution in [3.05, 3.63) is 84.4 Å². The molecule has 0 radical (unpaired) electrons. The van der Waals surface area contributed by atoms with Crippen LogP contribution in [0.4, 0.5) is 0 Å². The van der Waals surface area contributed by atoms with E-state index in [0.717, 1.165) is 11.3 Å². The third-order valence-corrected chi connectivity index (χ3v) is 3.21. The fourth-order valence-corrected chi connectivity index (χ4v) is 2.10. The summed E-state index contributed by atoms with van der Waals surface area (Å²) in [6, 6.07) is 15.2. The van der Waals surface area contributed by atoms with E-state index in [-0.39, 0.29) is 5.91 Å². The summed E-state index contributed by atoms with van der Waals surface area (Å²) in [5, 5.41) is 2.91. The average molecular weight is 277 g/mol. The zero-order valence-electron chi connectivity index (χ0n) is 11.4. The lowest BCUT2D eigenvalue weighted by Gasteiger charge is -2.08. The highest BCUT2D eigenvalue weighted by atomic mass is 16.1. The number of pyridine rings is 1. The summed E-state index contributed by atoms with van der Waals surface area (Å²) < 4.78 is 1.97. The lowest BCUT2D eigenvalue weighted by atomic mass is 10.2. The summed E-state index contributed by atoms with van der Waals surface area (Å²) in [6.07, 6.45) is 7.34. The Morgan fingerprint density at radius 1 is 1.05 bits per heavy atom. The van der Waals surface area contributed by atoms with Crippen molar-refractivity contribution in [2.75, 3.05) is 0 Å². The number of carbonyl (C=O) groups is 1. The lowest BCUT2D eigenvalue weighted by Crippen LogP contribution is -2.22. The number of hydrogen-bond acceptors (Lipinski definition) is 2. The first-order valence-electron chi connectivity index (χ1n) is 6.73. The van der Waals surface area contributed by atoms with Gasteiger partial charge in [0, 0.05) is 42.6 Å². The van der Waals surface area contributed by atoms with Gasteiger partial charge >= 0.3 is 0 Å². The first-order chi connectivity index (χ1) is 10.3. The van der Waals surface area contributed by atoms with Crippen molar-refractivity contribution < 1.29 is 4.79 Å². The minimum absolute atomic E-state index is 0.0826. The van der Waals surface area contributed by atoms with E-state index in [2.05, 4.69) is 10.3 Å². The van der Waals surface area contributed by atoms with Crippen molar-refractivity contribution in [1.29, 1.82) is 0 Å². The lowest BCUT2D eigenvalue weighted by molar-refractivity contribution is 0.0951. The normalized spacial score (nSPS) is 10.3. The van der Waals surface area contributed by atoms with E-state index in [1.165, 1.54) is 0 Å². The molecule has 4 nitrogen and oxygen atoms in total. The molecule has 0 aliphatic heterocycles. The Balaban J connectivity index is 1.72. The van der Waals surface area contributed by atoms with E-state index in [1.807, 2.05) is 65.5 Å². The van der Waals surface area contributed by atoms with E-state index in [9.17, 15) is 4.79 Å². The zero-order chi connectivity index (χ0) is 14.5. The van der Waals surface area contributed by atoms with E-state index in [0.29, 0.717) is 12.1 Å². The van der Waals surface area contributed by atoms with Crippen LogP contribution >= 0.6 is 0 Å². The third kappa shape index (κ3) is 3.17. The SMILES string of the molecule is O=C(NCc1ccncc1)c1cccc(-n2cccc2)c1. The van der Waals surface area contributed by atoms with Crippen LogP contribution in [0.2, 0.25) is 0 Å². The van der Waals surface area contributed by atoms with Gasteiger partial charge in [0.25, 0.3) is 5.91 Å². The molecule has 2 aromatic heterocycles. The minimum atomic E-state index is -0.0826. The summed E-state index contributed by atoms with van der Waals surface area (Å²) in [5.41, 5.74) is 2.65. The van der Waals surface area contributed by atoms with Gasteiger partial charge in [-0.25, -0.2) is 0 Å². The van der Waals surface area contributed by atoms with Gasteiger partial charge in [-0.1, -0.05) is 6.07 Å². The van der Waals surface area contributed by atoms with E-state index < -0.39 is 0 Å². The predicted octanol–water partition coefficient (Wildman–Crippen LogP) is 2.80. The first kappa shape index (κ1) is 13.1. The van der Waals surface area contributed by atoms with Crippen molar-refractivity contribution in [3.63, 3.8) is 0 Å². The number of carbonyl (C=O) groups excluding carboxylic acids is 1. The molecule has 3 rings (SSSR count). The molecule has 0 spiro atoms. The van der Waals surface area contributed by atoms with E-state index in [1.54, 1.807) is 12.4 Å². The standard InChI is InChI=1S/C17H15N3O/c21-17(19-13-14-6-8-18-9-7-14)15-4-3-5-16(12-15)20-10-1-2-11-20/h1-12H,13H2,(H,19,21). The Bertz CT molecular complexity index is 721. The van der Waals surface area contributed by atoms with E-state index >= 15 is 0 Å². The molecule has 1 N–H and O–H groups in total. The minimum Gasteiger partial charge on any atom is -0.348 e. The van der Waals surface area contributed by atoms with Crippen molar-refractivity contribution in [3.8, 4) is 5.69 Å². The largest absolute Gasteiger partial charge is 0.348 e. The summed E-state index contributed by atoms with van der Waals surface area (Å²) in [4.78, 5) is 16.2. The molecule has 0 bridgehead atoms. The van der Waals surface area contributed by atoms with Crippen LogP contribution in [0.25, 0.3) is 5.69 Å². The highest BCUT2D eigenvalue weighted by Gasteiger charge is 2.06. The van der Waals surface area contributed by atoms with Gasteiger partial charge in [0.15, 0.2) is 0 Å². The maximum absolute atomic E-state index is 12.2. The Kier molecular flexibility index (Phi) is 3.78. The maximum Gasteiger partial charge on any atom is 0.251 e. The molecule has 104 valence electrons. The molecule has 4 heteroatoms. The van der Waals surface area contributed by atoms with E-state index in [4.69, 9.17) is 0 Å². The van der Waals surface area contributed by atoms with Crippen LogP contribution in [-0.4, -0.2) is 15.5 Å². The summed E-state index contributed by atoms with van der Waals surface area (Å²) >= 11 is 0. The Morgan fingerprint density at radius 3 is 2.57 bits per heavy atom. The van der Waals surface area contributed by atoms with Gasteiger partial charge in [0.2, 0.25) is 0 Å². The second-order valence-corrected chi connectivity index (χ2v) is 4.68. The van der Waals surface area contributed by atoms with Crippen molar-refractivity contribution in [1.82, 2.24) is 14.9 Å². The number of amides is 1. The number of aromatic nitrogens is 2. The first-order valence-corrected chi connectivity index (χ1v) is 6.73. The number of nitrogens with zero attached hydrogens (tertiary/aromatic N) is 2. The molecule has 0 saturated carbocycles. The van der Waals surface area contributed by atoms with Gasteiger partial charge in [-0.2, -0.15) is 0 Å². The fraction of sp³-hybridized carbons (Fsp3) is 0.0588. The molecule has 21 heavy (non-hydrogen) atoms. The molecule has 0 unspecified atom stereocenters. The highest BCUT2D eigenvalue weighted by molar-refractivity contribution is 5.94. The molecular formula is C17H15N3O. The quantitative estimate of drug-likeness (QED) is 0.797. The number of rotatable bonds is 4. The molecule has 3 aromatic rings. The third-order valence-electron chi connectivity index (χ3n) is 3.21. The molecule has 1 amide bonds. The van der Waals surface area contributed by atoms with Crippen LogP contribution in [0.5, 0.6) is 0 Å². The summed E-state index contributed by atoms with van der Waals surface area (Å²) in [5.74, 6) is -0.0826. The molecule has 2 heterocycles. The van der Waals surface area contributed by atoms with Crippen LogP contribution in [0.15, 0.2) is 73.3 Å². The van der Waals surface area contributed by atoms with Crippen LogP contribution in [-0.2, 0) is 6.54 Å². The molecule has 0 aliphatic rings. The molecule has 0 saturated heterocycles. The number of hydrogen-bond donors (Lipinski definition) is 1. The summed E-state index contributed by atoms with van der Waals surface area (Å²) in [6.45, 7) is 0.495. The van der Waals surface area contributed by atoms with Gasteiger partial charge in [0.05, 0.1) is 0 Å².